The number of amides is 2. The van der Waals surface area contributed by atoms with Gasteiger partial charge in [-0.2, -0.15) is 0 Å². The van der Waals surface area contributed by atoms with Crippen LogP contribution in [0.5, 0.6) is 0 Å². The Hall–Kier alpha value is -1.75. The summed E-state index contributed by atoms with van der Waals surface area (Å²) in [5.74, 6) is -0.0362. The number of anilines is 1. The van der Waals surface area contributed by atoms with E-state index in [9.17, 15) is 9.59 Å². The molecule has 2 aromatic carbocycles. The predicted molar refractivity (Wildman–Crippen MR) is 100 cm³/mol. The van der Waals surface area contributed by atoms with E-state index in [1.807, 2.05) is 0 Å². The van der Waals surface area contributed by atoms with Crippen LogP contribution in [0.3, 0.4) is 0 Å². The highest BCUT2D eigenvalue weighted by Crippen LogP contribution is 2.32. The quantitative estimate of drug-likeness (QED) is 0.703. The molecule has 3 rings (SSSR count). The summed E-state index contributed by atoms with van der Waals surface area (Å²) < 4.78 is 0. The maximum atomic E-state index is 12.3. The van der Waals surface area contributed by atoms with E-state index in [1.54, 1.807) is 24.3 Å². The fourth-order valence-electron chi connectivity index (χ4n) is 2.27. The zero-order chi connectivity index (χ0) is 18.0. The molecule has 7 heteroatoms. The maximum Gasteiger partial charge on any atom is 0.255 e. The van der Waals surface area contributed by atoms with Crippen molar-refractivity contribution in [1.29, 1.82) is 0 Å². The van der Waals surface area contributed by atoms with Crippen molar-refractivity contribution >= 4 is 52.3 Å². The van der Waals surface area contributed by atoms with Crippen LogP contribution in [-0.4, -0.2) is 11.8 Å². The average Bonchev–Trinajstić information content (AvgIpc) is 3.43. The van der Waals surface area contributed by atoms with Gasteiger partial charge in [-0.25, -0.2) is 0 Å². The second kappa shape index (κ2) is 7.65. The summed E-state index contributed by atoms with van der Waals surface area (Å²) in [5, 5.41) is 6.53. The molecule has 0 saturated heterocycles. The van der Waals surface area contributed by atoms with Gasteiger partial charge in [0.2, 0.25) is 5.91 Å². The summed E-state index contributed by atoms with van der Waals surface area (Å²) in [5.41, 5.74) is 1.79. The zero-order valence-electron chi connectivity index (χ0n) is 13.1. The maximum absolute atomic E-state index is 12.3. The zero-order valence-corrected chi connectivity index (χ0v) is 15.4. The molecule has 0 aliphatic heterocycles. The third-order valence-electron chi connectivity index (χ3n) is 3.89. The van der Waals surface area contributed by atoms with Gasteiger partial charge in [0.1, 0.15) is 0 Å². The Labute approximate surface area is 160 Å². The lowest BCUT2D eigenvalue weighted by molar-refractivity contribution is -0.122. The van der Waals surface area contributed by atoms with Gasteiger partial charge in [-0.1, -0.05) is 46.9 Å². The Bertz CT molecular complexity index is 818. The van der Waals surface area contributed by atoms with E-state index >= 15 is 0 Å². The van der Waals surface area contributed by atoms with Gasteiger partial charge in [-0.15, -0.1) is 0 Å². The first kappa shape index (κ1) is 18.1. The summed E-state index contributed by atoms with van der Waals surface area (Å²) in [6.45, 7) is 0.454. The topological polar surface area (TPSA) is 58.2 Å². The lowest BCUT2D eigenvalue weighted by Crippen LogP contribution is -2.24. The number of rotatable bonds is 5. The van der Waals surface area contributed by atoms with Crippen molar-refractivity contribution in [2.45, 2.75) is 19.4 Å². The van der Waals surface area contributed by atoms with E-state index in [1.165, 1.54) is 12.1 Å². The third-order valence-corrected chi connectivity index (χ3v) is 4.92. The molecule has 0 bridgehead atoms. The molecule has 25 heavy (non-hydrogen) atoms. The number of nitrogens with one attached hydrogen (secondary N) is 2. The predicted octanol–water partition coefficient (Wildman–Crippen LogP) is 4.93. The van der Waals surface area contributed by atoms with Gasteiger partial charge in [-0.3, -0.25) is 9.59 Å². The molecule has 130 valence electrons. The summed E-state index contributed by atoms with van der Waals surface area (Å²) in [6.07, 6.45) is 1.95. The summed E-state index contributed by atoms with van der Waals surface area (Å²) in [6, 6.07) is 9.98. The summed E-state index contributed by atoms with van der Waals surface area (Å²) >= 11 is 17.9. The van der Waals surface area contributed by atoms with Crippen molar-refractivity contribution in [3.63, 3.8) is 0 Å². The van der Waals surface area contributed by atoms with Crippen LogP contribution in [0.2, 0.25) is 15.1 Å². The Morgan fingerprint density at radius 1 is 0.960 bits per heavy atom. The SMILES string of the molecule is O=C(Nc1cc(Cl)c(Cl)cc1Cl)c1ccc(CNC(=O)C2CC2)cc1. The number of hydrogen-bond acceptors (Lipinski definition) is 2. The van der Waals surface area contributed by atoms with Crippen LogP contribution in [0.4, 0.5) is 5.69 Å². The summed E-state index contributed by atoms with van der Waals surface area (Å²) in [4.78, 5) is 24.0. The Kier molecular flexibility index (Phi) is 5.52. The van der Waals surface area contributed by atoms with Crippen molar-refractivity contribution in [3.05, 3.63) is 62.6 Å². The van der Waals surface area contributed by atoms with Crippen LogP contribution in [0.15, 0.2) is 36.4 Å². The first-order valence-electron chi connectivity index (χ1n) is 7.76. The van der Waals surface area contributed by atoms with Gasteiger partial charge in [0.25, 0.3) is 5.91 Å². The van der Waals surface area contributed by atoms with Crippen molar-refractivity contribution < 1.29 is 9.59 Å². The number of carbonyl (C=O) groups is 2. The van der Waals surface area contributed by atoms with Crippen molar-refractivity contribution in [3.8, 4) is 0 Å². The molecular weight excluding hydrogens is 383 g/mol. The van der Waals surface area contributed by atoms with Crippen LogP contribution in [-0.2, 0) is 11.3 Å². The van der Waals surface area contributed by atoms with E-state index in [-0.39, 0.29) is 17.7 Å². The molecule has 1 saturated carbocycles. The van der Waals surface area contributed by atoms with Crippen molar-refractivity contribution in [1.82, 2.24) is 5.32 Å². The van der Waals surface area contributed by atoms with Gasteiger partial charge in [0.05, 0.1) is 20.8 Å². The minimum Gasteiger partial charge on any atom is -0.352 e. The molecule has 0 radical (unpaired) electrons. The van der Waals surface area contributed by atoms with Crippen LogP contribution in [0.1, 0.15) is 28.8 Å². The van der Waals surface area contributed by atoms with Crippen LogP contribution < -0.4 is 10.6 Å². The van der Waals surface area contributed by atoms with Gasteiger partial charge in [0.15, 0.2) is 0 Å². The lowest BCUT2D eigenvalue weighted by atomic mass is 10.1. The van der Waals surface area contributed by atoms with Crippen molar-refractivity contribution in [2.24, 2.45) is 5.92 Å². The average molecular weight is 398 g/mol. The Morgan fingerprint density at radius 3 is 2.24 bits per heavy atom. The Morgan fingerprint density at radius 2 is 1.60 bits per heavy atom. The summed E-state index contributed by atoms with van der Waals surface area (Å²) in [7, 11) is 0. The number of halogens is 3. The number of benzene rings is 2. The molecule has 4 nitrogen and oxygen atoms in total. The highest BCUT2D eigenvalue weighted by molar-refractivity contribution is 6.44. The normalized spacial score (nSPS) is 13.4. The fourth-order valence-corrected chi connectivity index (χ4v) is 2.86. The van der Waals surface area contributed by atoms with E-state index in [4.69, 9.17) is 34.8 Å². The third kappa shape index (κ3) is 4.66. The first-order chi connectivity index (χ1) is 11.9. The second-order valence-corrected chi connectivity index (χ2v) is 7.11. The molecule has 1 aliphatic rings. The lowest BCUT2D eigenvalue weighted by Gasteiger charge is -2.09. The minimum absolute atomic E-state index is 0.0936. The van der Waals surface area contributed by atoms with Crippen LogP contribution in [0, 0.1) is 5.92 Å². The molecule has 0 spiro atoms. The minimum atomic E-state index is -0.311. The van der Waals surface area contributed by atoms with Crippen LogP contribution >= 0.6 is 34.8 Å². The number of hydrogen-bond donors (Lipinski definition) is 2. The number of carbonyl (C=O) groups excluding carboxylic acids is 2. The molecule has 2 aromatic rings. The van der Waals surface area contributed by atoms with Gasteiger partial charge in [0, 0.05) is 18.0 Å². The molecule has 1 aliphatic carbocycles. The first-order valence-corrected chi connectivity index (χ1v) is 8.90. The molecule has 1 fully saturated rings. The smallest absolute Gasteiger partial charge is 0.255 e. The molecule has 0 aromatic heterocycles. The largest absolute Gasteiger partial charge is 0.352 e. The van der Waals surface area contributed by atoms with E-state index in [0.717, 1.165) is 18.4 Å². The molecule has 0 atom stereocenters. The van der Waals surface area contributed by atoms with Gasteiger partial charge in [-0.05, 0) is 42.7 Å². The molecular formula is C18H15Cl3N2O2. The van der Waals surface area contributed by atoms with Crippen molar-refractivity contribution in [2.75, 3.05) is 5.32 Å². The second-order valence-electron chi connectivity index (χ2n) is 5.89. The van der Waals surface area contributed by atoms with Gasteiger partial charge >= 0.3 is 0 Å². The van der Waals surface area contributed by atoms with E-state index in [2.05, 4.69) is 10.6 Å². The molecule has 2 N–H and O–H groups in total. The standard InChI is InChI=1S/C18H15Cl3N2O2/c19-13-7-15(21)16(8-14(13)20)23-18(25)12-3-1-10(2-4-12)9-22-17(24)11-5-6-11/h1-4,7-8,11H,5-6,9H2,(H,22,24)(H,23,25). The Balaban J connectivity index is 1.62. The molecule has 2 amide bonds. The monoisotopic (exact) mass is 396 g/mol. The van der Waals surface area contributed by atoms with Crippen LogP contribution in [0.25, 0.3) is 0 Å². The highest BCUT2D eigenvalue weighted by Gasteiger charge is 2.29. The fraction of sp³-hybridized carbons (Fsp3) is 0.222. The molecule has 0 heterocycles. The highest BCUT2D eigenvalue weighted by atomic mass is 35.5. The van der Waals surface area contributed by atoms with E-state index < -0.39 is 0 Å². The van der Waals surface area contributed by atoms with E-state index in [0.29, 0.717) is 32.9 Å². The van der Waals surface area contributed by atoms with Gasteiger partial charge < -0.3 is 10.6 Å². The molecule has 0 unspecified atom stereocenters.